The number of azide groups is 1. The normalized spacial score (nSPS) is 9.06. The zero-order valence-electron chi connectivity index (χ0n) is 8.08. The molecule has 0 saturated heterocycles. The smallest absolute Gasteiger partial charge is 0.282 e. The van der Waals surface area contributed by atoms with E-state index in [4.69, 9.17) is 5.53 Å². The van der Waals surface area contributed by atoms with Gasteiger partial charge in [-0.2, -0.15) is 9.92 Å². The first kappa shape index (κ1) is 12.2. The highest BCUT2D eigenvalue weighted by Crippen LogP contribution is 2.06. The molecule has 1 aromatic rings. The predicted octanol–water partition coefficient (Wildman–Crippen LogP) is 2.28. The zero-order valence-corrected chi connectivity index (χ0v) is 9.66. The molecular weight excluding hydrogens is 276 g/mol. The van der Waals surface area contributed by atoms with Gasteiger partial charge in [-0.05, 0) is 33.3 Å². The van der Waals surface area contributed by atoms with Crippen molar-refractivity contribution in [2.75, 3.05) is 6.54 Å². The summed E-state index contributed by atoms with van der Waals surface area (Å²) in [5.74, 6) is -0.522. The van der Waals surface area contributed by atoms with Gasteiger partial charge in [0.05, 0.1) is 5.56 Å². The Balaban J connectivity index is 2.91. The second-order valence-electron chi connectivity index (χ2n) is 2.76. The number of hydrogen-bond donors (Lipinski definition) is 0. The molecular formula is C9H7BrN4O2. The van der Waals surface area contributed by atoms with Crippen LogP contribution in [0.3, 0.4) is 0 Å². The minimum absolute atomic E-state index is 0.308. The third-order valence-corrected chi connectivity index (χ3v) is 1.93. The Hall–Kier alpha value is -1.85. The minimum atomic E-state index is -0.522. The average molecular weight is 283 g/mol. The van der Waals surface area contributed by atoms with Crippen LogP contribution in [0.25, 0.3) is 10.4 Å². The highest BCUT2D eigenvalue weighted by atomic mass is 79.9. The Morgan fingerprint density at radius 3 is 2.50 bits per heavy atom. The molecule has 0 atom stereocenters. The molecule has 0 aliphatic rings. The number of halogens is 1. The van der Waals surface area contributed by atoms with Gasteiger partial charge in [0.25, 0.3) is 0 Å². The van der Waals surface area contributed by atoms with Crippen LogP contribution >= 0.6 is 15.9 Å². The number of nitrogens with zero attached hydrogens (tertiary/aromatic N) is 4. The Kier molecular flexibility index (Phi) is 4.50. The molecule has 0 saturated carbocycles. The fourth-order valence-electron chi connectivity index (χ4n) is 1.04. The van der Waals surface area contributed by atoms with E-state index in [1.54, 1.807) is 30.3 Å². The Bertz CT molecular complexity index is 442. The molecule has 7 heteroatoms. The molecule has 0 aliphatic carbocycles. The average Bonchev–Trinajstić information content (AvgIpc) is 2.28. The van der Waals surface area contributed by atoms with Crippen LogP contribution in [-0.2, 0) is 4.79 Å². The van der Waals surface area contributed by atoms with E-state index in [0.717, 1.165) is 5.01 Å². The number of amides is 1. The van der Waals surface area contributed by atoms with Crippen molar-refractivity contribution >= 4 is 26.5 Å². The van der Waals surface area contributed by atoms with Crippen molar-refractivity contribution < 1.29 is 9.59 Å². The topological polar surface area (TPSA) is 86.1 Å². The van der Waals surface area contributed by atoms with Crippen LogP contribution in [0.15, 0.2) is 35.6 Å². The summed E-state index contributed by atoms with van der Waals surface area (Å²) in [5.41, 5.74) is 8.63. The molecule has 0 fully saturated rings. The molecule has 1 rings (SSSR count). The summed E-state index contributed by atoms with van der Waals surface area (Å²) < 4.78 is -0.441. The quantitative estimate of drug-likeness (QED) is 0.279. The van der Waals surface area contributed by atoms with E-state index in [-0.39, 0.29) is 6.54 Å². The summed E-state index contributed by atoms with van der Waals surface area (Å²) in [6.07, 6.45) is 0. The molecule has 0 radical (unpaired) electrons. The lowest BCUT2D eigenvalue weighted by molar-refractivity contribution is -0.111. The number of carbonyl (C=O) groups excluding carboxylic acids is 2. The monoisotopic (exact) mass is 282 g/mol. The molecule has 0 aromatic heterocycles. The fourth-order valence-corrected chi connectivity index (χ4v) is 1.28. The van der Waals surface area contributed by atoms with Crippen LogP contribution < -0.4 is 0 Å². The SMILES string of the molecule is [N-]=[N+]=NN(CC(=O)Br)C(=O)c1ccccc1. The maximum atomic E-state index is 11.8. The van der Waals surface area contributed by atoms with Crippen molar-refractivity contribution in [1.82, 2.24) is 5.01 Å². The highest BCUT2D eigenvalue weighted by molar-refractivity contribution is 9.18. The van der Waals surface area contributed by atoms with E-state index in [2.05, 4.69) is 26.1 Å². The Labute approximate surface area is 99.6 Å². The first-order valence-electron chi connectivity index (χ1n) is 4.25. The summed E-state index contributed by atoms with van der Waals surface area (Å²) in [4.78, 5) is 25.1. The first-order valence-corrected chi connectivity index (χ1v) is 5.04. The van der Waals surface area contributed by atoms with Crippen LogP contribution in [0.1, 0.15) is 10.4 Å². The van der Waals surface area contributed by atoms with Gasteiger partial charge in [0.15, 0.2) is 6.54 Å². The molecule has 0 heterocycles. The van der Waals surface area contributed by atoms with E-state index in [1.807, 2.05) is 0 Å². The van der Waals surface area contributed by atoms with Crippen molar-refractivity contribution in [2.24, 2.45) is 5.22 Å². The summed E-state index contributed by atoms with van der Waals surface area (Å²) in [5, 5.41) is 3.91. The predicted molar refractivity (Wildman–Crippen MR) is 60.6 cm³/mol. The van der Waals surface area contributed by atoms with Crippen molar-refractivity contribution in [2.45, 2.75) is 0 Å². The standard InChI is InChI=1S/C9H7BrN4O2/c10-8(15)6-14(13-12-11)9(16)7-4-2-1-3-5-7/h1-5H,6H2. The summed E-state index contributed by atoms with van der Waals surface area (Å²) in [6, 6.07) is 8.25. The van der Waals surface area contributed by atoms with E-state index in [1.165, 1.54) is 0 Å². The van der Waals surface area contributed by atoms with Crippen molar-refractivity contribution in [3.63, 3.8) is 0 Å². The van der Waals surface area contributed by atoms with Gasteiger partial charge in [0, 0.05) is 0 Å². The number of hydrogen-bond acceptors (Lipinski definition) is 3. The van der Waals surface area contributed by atoms with E-state index in [0.29, 0.717) is 5.56 Å². The molecule has 1 amide bonds. The largest absolute Gasteiger partial charge is 0.344 e. The Morgan fingerprint density at radius 2 is 2.00 bits per heavy atom. The molecule has 0 spiro atoms. The van der Waals surface area contributed by atoms with Gasteiger partial charge in [0.1, 0.15) is 0 Å². The van der Waals surface area contributed by atoms with Crippen LogP contribution in [0.2, 0.25) is 0 Å². The maximum Gasteiger partial charge on any atom is 0.344 e. The van der Waals surface area contributed by atoms with Crippen LogP contribution in [0, 0.1) is 0 Å². The van der Waals surface area contributed by atoms with Crippen LogP contribution in [-0.4, -0.2) is 22.2 Å². The lowest BCUT2D eigenvalue weighted by atomic mass is 10.2. The lowest BCUT2D eigenvalue weighted by Crippen LogP contribution is -2.28. The molecule has 0 aliphatic heterocycles. The number of carbonyl (C=O) groups is 2. The molecule has 16 heavy (non-hydrogen) atoms. The second kappa shape index (κ2) is 5.89. The summed E-state index contributed by atoms with van der Waals surface area (Å²) in [6.45, 7) is -0.308. The molecule has 82 valence electrons. The molecule has 0 N–H and O–H groups in total. The Morgan fingerprint density at radius 1 is 1.38 bits per heavy atom. The minimum Gasteiger partial charge on any atom is -0.282 e. The highest BCUT2D eigenvalue weighted by Gasteiger charge is 2.20. The van der Waals surface area contributed by atoms with Gasteiger partial charge in [-0.15, -0.1) is 5.53 Å². The number of rotatable bonds is 4. The maximum absolute atomic E-state index is 11.8. The molecule has 0 unspecified atom stereocenters. The third kappa shape index (κ3) is 3.38. The van der Waals surface area contributed by atoms with Crippen LogP contribution in [0.4, 0.5) is 0 Å². The van der Waals surface area contributed by atoms with Gasteiger partial charge in [0.2, 0.25) is 4.69 Å². The summed E-state index contributed by atoms with van der Waals surface area (Å²) >= 11 is 2.67. The molecule has 1 aromatic carbocycles. The van der Waals surface area contributed by atoms with Crippen molar-refractivity contribution in [3.05, 3.63) is 46.3 Å². The van der Waals surface area contributed by atoms with Gasteiger partial charge >= 0.3 is 5.91 Å². The zero-order chi connectivity index (χ0) is 12.0. The van der Waals surface area contributed by atoms with Crippen molar-refractivity contribution in [3.8, 4) is 0 Å². The summed E-state index contributed by atoms with van der Waals surface area (Å²) in [7, 11) is 0. The van der Waals surface area contributed by atoms with Gasteiger partial charge < -0.3 is 0 Å². The second-order valence-corrected chi connectivity index (χ2v) is 3.65. The lowest BCUT2D eigenvalue weighted by Gasteiger charge is -2.08. The first-order chi connectivity index (χ1) is 7.65. The molecule has 0 bridgehead atoms. The van der Waals surface area contributed by atoms with E-state index in [9.17, 15) is 9.59 Å². The van der Waals surface area contributed by atoms with Crippen molar-refractivity contribution in [1.29, 1.82) is 0 Å². The fraction of sp³-hybridized carbons (Fsp3) is 0.111. The number of benzene rings is 1. The van der Waals surface area contributed by atoms with Crippen LogP contribution in [0.5, 0.6) is 0 Å². The van der Waals surface area contributed by atoms with E-state index < -0.39 is 10.6 Å². The third-order valence-electron chi connectivity index (χ3n) is 1.68. The van der Waals surface area contributed by atoms with E-state index >= 15 is 0 Å². The van der Waals surface area contributed by atoms with Gasteiger partial charge in [-0.25, -0.2) is 4.79 Å². The van der Waals surface area contributed by atoms with Gasteiger partial charge in [-0.3, -0.25) is 4.79 Å². The molecule has 6 nitrogen and oxygen atoms in total. The van der Waals surface area contributed by atoms with Gasteiger partial charge in [-0.1, -0.05) is 18.2 Å².